The summed E-state index contributed by atoms with van der Waals surface area (Å²) >= 11 is 0. The van der Waals surface area contributed by atoms with Crippen LogP contribution in [0.25, 0.3) is 11.1 Å². The normalized spacial score (nSPS) is 11.4. The van der Waals surface area contributed by atoms with Crippen molar-refractivity contribution < 1.29 is 22.7 Å². The van der Waals surface area contributed by atoms with Crippen LogP contribution in [0.4, 0.5) is 13.2 Å². The lowest BCUT2D eigenvalue weighted by atomic mass is 10.1. The third-order valence-electron chi connectivity index (χ3n) is 2.63. The molecule has 0 atom stereocenters. The highest BCUT2D eigenvalue weighted by Crippen LogP contribution is 2.31. The van der Waals surface area contributed by atoms with Gasteiger partial charge in [0, 0.05) is 6.20 Å². The van der Waals surface area contributed by atoms with Crippen LogP contribution in [-0.4, -0.2) is 18.1 Å². The average Bonchev–Trinajstić information content (AvgIpc) is 2.86. The zero-order valence-electron chi connectivity index (χ0n) is 9.91. The molecule has 0 unspecified atom stereocenters. The topological polar surface area (TPSA) is 42.1 Å². The number of methoxy groups -OCH3 is 1. The number of esters is 1. The molecule has 0 aliphatic heterocycles. The van der Waals surface area contributed by atoms with Crippen LogP contribution in [0.2, 0.25) is 0 Å². The van der Waals surface area contributed by atoms with Gasteiger partial charge in [-0.15, -0.1) is 0 Å². The molecule has 0 saturated carbocycles. The maximum absolute atomic E-state index is 12.4. The minimum atomic E-state index is -4.35. The molecule has 1 aromatic heterocycles. The standard InChI is InChI=1S/C13H10F3NO2/c1-19-12(18)11-6-9(7-17-11)8-2-4-10(5-3-8)13(14,15)16/h2-7,17H,1H3. The Bertz CT molecular complexity index is 585. The Hall–Kier alpha value is -2.24. The van der Waals surface area contributed by atoms with Crippen LogP contribution < -0.4 is 0 Å². The largest absolute Gasteiger partial charge is 0.464 e. The van der Waals surface area contributed by atoms with Crippen molar-refractivity contribution in [3.63, 3.8) is 0 Å². The second kappa shape index (κ2) is 4.79. The molecule has 0 bridgehead atoms. The molecule has 6 heteroatoms. The molecule has 0 radical (unpaired) electrons. The van der Waals surface area contributed by atoms with E-state index in [9.17, 15) is 18.0 Å². The van der Waals surface area contributed by atoms with Gasteiger partial charge in [0.25, 0.3) is 0 Å². The van der Waals surface area contributed by atoms with Crippen molar-refractivity contribution in [3.8, 4) is 11.1 Å². The van der Waals surface area contributed by atoms with Crippen molar-refractivity contribution in [2.75, 3.05) is 7.11 Å². The van der Waals surface area contributed by atoms with E-state index in [1.807, 2.05) is 0 Å². The number of rotatable bonds is 2. The van der Waals surface area contributed by atoms with E-state index in [1.165, 1.54) is 31.5 Å². The summed E-state index contributed by atoms with van der Waals surface area (Å²) in [5.74, 6) is -0.529. The first-order valence-corrected chi connectivity index (χ1v) is 5.36. The average molecular weight is 269 g/mol. The van der Waals surface area contributed by atoms with Crippen LogP contribution >= 0.6 is 0 Å². The zero-order valence-corrected chi connectivity index (χ0v) is 9.91. The lowest BCUT2D eigenvalue weighted by molar-refractivity contribution is -0.137. The number of hydrogen-bond acceptors (Lipinski definition) is 2. The van der Waals surface area contributed by atoms with Crippen LogP contribution in [0.15, 0.2) is 36.5 Å². The summed E-state index contributed by atoms with van der Waals surface area (Å²) in [5, 5.41) is 0. The van der Waals surface area contributed by atoms with Crippen LogP contribution in [0.5, 0.6) is 0 Å². The molecule has 0 amide bonds. The van der Waals surface area contributed by atoms with E-state index in [2.05, 4.69) is 9.72 Å². The number of aromatic amines is 1. The molecule has 1 heterocycles. The number of carbonyl (C=O) groups is 1. The number of alkyl halides is 3. The number of halogens is 3. The summed E-state index contributed by atoms with van der Waals surface area (Å²) in [6.45, 7) is 0. The van der Waals surface area contributed by atoms with Crippen molar-refractivity contribution in [3.05, 3.63) is 47.8 Å². The van der Waals surface area contributed by atoms with E-state index in [4.69, 9.17) is 0 Å². The Balaban J connectivity index is 2.28. The Morgan fingerprint density at radius 1 is 1.16 bits per heavy atom. The van der Waals surface area contributed by atoms with Gasteiger partial charge in [-0.25, -0.2) is 4.79 Å². The van der Waals surface area contributed by atoms with Crippen molar-refractivity contribution in [2.45, 2.75) is 6.18 Å². The highest BCUT2D eigenvalue weighted by atomic mass is 19.4. The first kappa shape index (κ1) is 13.2. The van der Waals surface area contributed by atoms with E-state index < -0.39 is 17.7 Å². The Morgan fingerprint density at radius 3 is 2.32 bits per heavy atom. The Labute approximate surface area is 107 Å². The van der Waals surface area contributed by atoms with Crippen LogP contribution in [0, 0.1) is 0 Å². The van der Waals surface area contributed by atoms with Gasteiger partial charge in [-0.3, -0.25) is 0 Å². The summed E-state index contributed by atoms with van der Waals surface area (Å²) < 4.78 is 41.8. The smallest absolute Gasteiger partial charge is 0.416 e. The van der Waals surface area contributed by atoms with Crippen LogP contribution in [-0.2, 0) is 10.9 Å². The molecule has 1 N–H and O–H groups in total. The summed E-state index contributed by atoms with van der Waals surface area (Å²) in [5.41, 5.74) is 0.742. The first-order chi connectivity index (χ1) is 8.91. The van der Waals surface area contributed by atoms with Gasteiger partial charge in [-0.1, -0.05) is 12.1 Å². The highest BCUT2D eigenvalue weighted by molar-refractivity contribution is 5.89. The molecule has 2 rings (SSSR count). The third kappa shape index (κ3) is 2.78. The molecule has 0 fully saturated rings. The van der Waals surface area contributed by atoms with Gasteiger partial charge >= 0.3 is 12.1 Å². The predicted octanol–water partition coefficient (Wildman–Crippen LogP) is 3.49. The molecule has 0 aliphatic carbocycles. The van der Waals surface area contributed by atoms with Gasteiger partial charge in [0.2, 0.25) is 0 Å². The second-order valence-electron chi connectivity index (χ2n) is 3.87. The summed E-state index contributed by atoms with van der Waals surface area (Å²) in [4.78, 5) is 13.9. The zero-order chi connectivity index (χ0) is 14.0. The van der Waals surface area contributed by atoms with Gasteiger partial charge < -0.3 is 9.72 Å². The van der Waals surface area contributed by atoms with E-state index in [0.717, 1.165) is 12.1 Å². The third-order valence-corrected chi connectivity index (χ3v) is 2.63. The van der Waals surface area contributed by atoms with E-state index in [0.29, 0.717) is 11.1 Å². The fourth-order valence-electron chi connectivity index (χ4n) is 1.64. The van der Waals surface area contributed by atoms with Crippen LogP contribution in [0.3, 0.4) is 0 Å². The van der Waals surface area contributed by atoms with Gasteiger partial charge in [0.05, 0.1) is 12.7 Å². The van der Waals surface area contributed by atoms with Crippen molar-refractivity contribution >= 4 is 5.97 Å². The number of nitrogens with one attached hydrogen (secondary N) is 1. The van der Waals surface area contributed by atoms with Crippen molar-refractivity contribution in [2.24, 2.45) is 0 Å². The predicted molar refractivity (Wildman–Crippen MR) is 62.6 cm³/mol. The molecule has 2 aromatic rings. The molecular formula is C13H10F3NO2. The maximum Gasteiger partial charge on any atom is 0.416 e. The molecule has 3 nitrogen and oxygen atoms in total. The van der Waals surface area contributed by atoms with Gasteiger partial charge in [0.1, 0.15) is 5.69 Å². The van der Waals surface area contributed by atoms with Crippen LogP contribution in [0.1, 0.15) is 16.1 Å². The van der Waals surface area contributed by atoms with Gasteiger partial charge in [-0.2, -0.15) is 13.2 Å². The van der Waals surface area contributed by atoms with Gasteiger partial charge in [-0.05, 0) is 29.3 Å². The lowest BCUT2D eigenvalue weighted by Gasteiger charge is -2.06. The summed E-state index contributed by atoms with van der Waals surface area (Å²) in [7, 11) is 1.25. The Morgan fingerprint density at radius 2 is 1.79 bits per heavy atom. The number of aromatic nitrogens is 1. The molecule has 0 aliphatic rings. The summed E-state index contributed by atoms with van der Waals surface area (Å²) in [6, 6.07) is 6.23. The van der Waals surface area contributed by atoms with E-state index in [-0.39, 0.29) is 5.69 Å². The quantitative estimate of drug-likeness (QED) is 0.848. The molecular weight excluding hydrogens is 259 g/mol. The molecule has 1 aromatic carbocycles. The fraction of sp³-hybridized carbons (Fsp3) is 0.154. The SMILES string of the molecule is COC(=O)c1cc(-c2ccc(C(F)(F)F)cc2)c[nH]1. The monoisotopic (exact) mass is 269 g/mol. The van der Waals surface area contributed by atoms with E-state index >= 15 is 0 Å². The molecule has 0 saturated heterocycles. The number of hydrogen-bond donors (Lipinski definition) is 1. The fourth-order valence-corrected chi connectivity index (χ4v) is 1.64. The maximum atomic E-state index is 12.4. The number of carbonyl (C=O) groups excluding carboxylic acids is 1. The van der Waals surface area contributed by atoms with Crippen molar-refractivity contribution in [1.29, 1.82) is 0 Å². The lowest BCUT2D eigenvalue weighted by Crippen LogP contribution is -2.03. The first-order valence-electron chi connectivity index (χ1n) is 5.36. The number of H-pyrrole nitrogens is 1. The number of benzene rings is 1. The molecule has 0 spiro atoms. The summed E-state index contributed by atoms with van der Waals surface area (Å²) in [6.07, 6.45) is -2.82. The van der Waals surface area contributed by atoms with Gasteiger partial charge in [0.15, 0.2) is 0 Å². The minimum Gasteiger partial charge on any atom is -0.464 e. The minimum absolute atomic E-state index is 0.248. The second-order valence-corrected chi connectivity index (χ2v) is 3.87. The highest BCUT2D eigenvalue weighted by Gasteiger charge is 2.29. The van der Waals surface area contributed by atoms with E-state index in [1.54, 1.807) is 0 Å². The number of ether oxygens (including phenoxy) is 1. The van der Waals surface area contributed by atoms with Crippen molar-refractivity contribution in [1.82, 2.24) is 4.98 Å². The molecule has 19 heavy (non-hydrogen) atoms. The molecule has 100 valence electrons. The Kier molecular flexibility index (Phi) is 3.33.